The lowest BCUT2D eigenvalue weighted by atomic mass is 9.98. The summed E-state index contributed by atoms with van der Waals surface area (Å²) >= 11 is 1.25. The number of para-hydroxylation sites is 1. The largest absolute Gasteiger partial charge is 0.508 e. The number of carbonyl (C=O) groups excluding carboxylic acids is 1. The maximum atomic E-state index is 12.9. The fraction of sp³-hybridized carbons (Fsp3) is 0.179. The van der Waals surface area contributed by atoms with Crippen LogP contribution in [0.3, 0.4) is 0 Å². The highest BCUT2D eigenvalue weighted by molar-refractivity contribution is 8.18. The molecule has 2 aliphatic rings. The van der Waals surface area contributed by atoms with E-state index in [1.165, 1.54) is 11.8 Å². The molecule has 0 spiro atoms. The van der Waals surface area contributed by atoms with Crippen LogP contribution in [0.15, 0.2) is 81.7 Å². The molecule has 3 aromatic rings. The van der Waals surface area contributed by atoms with Crippen molar-refractivity contribution in [3.8, 4) is 23.0 Å². The highest BCUT2D eigenvalue weighted by Gasteiger charge is 2.37. The molecule has 3 aromatic carbocycles. The van der Waals surface area contributed by atoms with E-state index in [1.807, 2.05) is 42.5 Å². The lowest BCUT2D eigenvalue weighted by molar-refractivity contribution is -0.113. The Morgan fingerprint density at radius 2 is 1.73 bits per heavy atom. The van der Waals surface area contributed by atoms with Crippen molar-refractivity contribution in [2.75, 3.05) is 21.3 Å². The molecule has 0 saturated heterocycles. The molecule has 0 bridgehead atoms. The van der Waals surface area contributed by atoms with Crippen LogP contribution in [-0.4, -0.2) is 48.2 Å². The van der Waals surface area contributed by atoms with Gasteiger partial charge < -0.3 is 19.3 Å². The number of carbonyl (C=O) groups is 1. The number of benzene rings is 3. The van der Waals surface area contributed by atoms with Crippen molar-refractivity contribution in [1.29, 1.82) is 0 Å². The highest BCUT2D eigenvalue weighted by atomic mass is 32.2. The monoisotopic (exact) mass is 515 g/mol. The lowest BCUT2D eigenvalue weighted by Crippen LogP contribution is -2.23. The molecule has 5 rings (SSSR count). The van der Waals surface area contributed by atoms with Gasteiger partial charge in [0.05, 0.1) is 38.0 Å². The minimum atomic E-state index is -0.348. The first-order valence-corrected chi connectivity index (χ1v) is 12.4. The highest BCUT2D eigenvalue weighted by Crippen LogP contribution is 2.42. The van der Waals surface area contributed by atoms with Gasteiger partial charge in [-0.3, -0.25) is 4.79 Å². The quantitative estimate of drug-likeness (QED) is 0.449. The second-order valence-electron chi connectivity index (χ2n) is 8.32. The zero-order valence-corrected chi connectivity index (χ0v) is 21.4. The van der Waals surface area contributed by atoms with Crippen molar-refractivity contribution >= 4 is 34.6 Å². The van der Waals surface area contributed by atoms with Gasteiger partial charge in [-0.1, -0.05) is 24.3 Å². The van der Waals surface area contributed by atoms with Gasteiger partial charge in [-0.05, 0) is 71.4 Å². The number of hydrogen-bond donors (Lipinski definition) is 1. The predicted octanol–water partition coefficient (Wildman–Crippen LogP) is 5.24. The van der Waals surface area contributed by atoms with Gasteiger partial charge in [0, 0.05) is 12.0 Å². The summed E-state index contributed by atoms with van der Waals surface area (Å²) in [5.41, 5.74) is 3.25. The molecule has 2 aliphatic heterocycles. The normalized spacial score (nSPS) is 18.1. The van der Waals surface area contributed by atoms with Crippen LogP contribution in [-0.2, 0) is 4.79 Å². The minimum Gasteiger partial charge on any atom is -0.508 e. The van der Waals surface area contributed by atoms with Crippen LogP contribution in [0.2, 0.25) is 0 Å². The zero-order chi connectivity index (χ0) is 25.9. The summed E-state index contributed by atoms with van der Waals surface area (Å²) in [6.45, 7) is 0. The van der Waals surface area contributed by atoms with E-state index in [0.717, 1.165) is 22.6 Å². The smallest absolute Gasteiger partial charge is 0.286 e. The molecule has 1 N–H and O–H groups in total. The Morgan fingerprint density at radius 3 is 2.43 bits per heavy atom. The van der Waals surface area contributed by atoms with E-state index in [4.69, 9.17) is 19.3 Å². The van der Waals surface area contributed by atoms with E-state index in [0.29, 0.717) is 33.6 Å². The SMILES string of the molecule is COc1ccc(C2=NN(C3=NC(=O)/C(=C/c4ccc(OC)c(OC)c4)S3)C(c3ccccc3O)C2)cc1. The molecule has 2 heterocycles. The maximum absolute atomic E-state index is 12.9. The fourth-order valence-corrected chi connectivity index (χ4v) is 5.16. The molecule has 9 heteroatoms. The third kappa shape index (κ3) is 4.90. The number of thioether (sulfide) groups is 1. The molecule has 1 amide bonds. The first kappa shape index (κ1) is 24.5. The van der Waals surface area contributed by atoms with E-state index in [1.54, 1.807) is 56.7 Å². The number of phenols is 1. The molecule has 0 aromatic heterocycles. The van der Waals surface area contributed by atoms with Crippen molar-refractivity contribution in [2.45, 2.75) is 12.5 Å². The van der Waals surface area contributed by atoms with Crippen molar-refractivity contribution in [3.63, 3.8) is 0 Å². The number of hydrogen-bond acceptors (Lipinski definition) is 8. The van der Waals surface area contributed by atoms with Crippen LogP contribution in [0, 0.1) is 0 Å². The Bertz CT molecular complexity index is 1430. The summed E-state index contributed by atoms with van der Waals surface area (Å²) in [4.78, 5) is 17.7. The first-order valence-electron chi connectivity index (χ1n) is 11.5. The molecule has 1 atom stereocenters. The number of phenolic OH excluding ortho intramolecular Hbond substituents is 1. The Hall–Kier alpha value is -4.24. The number of amides is 1. The Labute approximate surface area is 218 Å². The summed E-state index contributed by atoms with van der Waals surface area (Å²) in [5.74, 6) is 1.75. The van der Waals surface area contributed by atoms with Crippen LogP contribution in [0.25, 0.3) is 6.08 Å². The Morgan fingerprint density at radius 1 is 0.973 bits per heavy atom. The molecular formula is C28H25N3O5S. The summed E-state index contributed by atoms with van der Waals surface area (Å²) in [7, 11) is 4.76. The topological polar surface area (TPSA) is 93.0 Å². The average Bonchev–Trinajstić information content (AvgIpc) is 3.52. The van der Waals surface area contributed by atoms with E-state index in [9.17, 15) is 9.90 Å². The molecule has 0 aliphatic carbocycles. The van der Waals surface area contributed by atoms with Crippen molar-refractivity contribution < 1.29 is 24.1 Å². The average molecular weight is 516 g/mol. The first-order chi connectivity index (χ1) is 18.0. The molecule has 37 heavy (non-hydrogen) atoms. The van der Waals surface area contributed by atoms with Gasteiger partial charge in [0.15, 0.2) is 16.7 Å². The number of amidine groups is 1. The molecule has 188 valence electrons. The standard InChI is InChI=1S/C28H25N3O5S/c1-34-19-11-9-18(10-12-19)21-16-22(20-6-4-5-7-23(20)32)31(30-21)28-29-27(33)26(37-28)15-17-8-13-24(35-2)25(14-17)36-3/h4-15,22,32H,16H2,1-3H3/b26-15-. The Kier molecular flexibility index (Phi) is 6.87. The maximum Gasteiger partial charge on any atom is 0.286 e. The lowest BCUT2D eigenvalue weighted by Gasteiger charge is -2.23. The molecule has 1 unspecified atom stereocenters. The van der Waals surface area contributed by atoms with E-state index < -0.39 is 0 Å². The van der Waals surface area contributed by atoms with Gasteiger partial charge >= 0.3 is 0 Å². The predicted molar refractivity (Wildman–Crippen MR) is 144 cm³/mol. The number of aliphatic imine (C=N–C) groups is 1. The number of ether oxygens (including phenoxy) is 3. The van der Waals surface area contributed by atoms with E-state index in [2.05, 4.69) is 4.99 Å². The van der Waals surface area contributed by atoms with Crippen molar-refractivity contribution in [3.05, 3.63) is 88.3 Å². The van der Waals surface area contributed by atoms with Crippen LogP contribution in [0.5, 0.6) is 23.0 Å². The van der Waals surface area contributed by atoms with Crippen molar-refractivity contribution in [1.82, 2.24) is 5.01 Å². The molecule has 8 nitrogen and oxygen atoms in total. The summed E-state index contributed by atoms with van der Waals surface area (Å²) < 4.78 is 16.0. The zero-order valence-electron chi connectivity index (χ0n) is 20.5. The third-order valence-electron chi connectivity index (χ3n) is 6.14. The molecular weight excluding hydrogens is 490 g/mol. The van der Waals surface area contributed by atoms with Crippen LogP contribution >= 0.6 is 11.8 Å². The number of nitrogens with zero attached hydrogens (tertiary/aromatic N) is 3. The molecule has 0 saturated carbocycles. The minimum absolute atomic E-state index is 0.166. The molecule has 0 radical (unpaired) electrons. The second kappa shape index (κ2) is 10.4. The van der Waals surface area contributed by atoms with E-state index in [-0.39, 0.29) is 17.7 Å². The summed E-state index contributed by atoms with van der Waals surface area (Å²) in [5, 5.41) is 17.6. The van der Waals surface area contributed by atoms with Gasteiger partial charge in [0.2, 0.25) is 0 Å². The van der Waals surface area contributed by atoms with Gasteiger partial charge in [-0.2, -0.15) is 10.1 Å². The number of hydrazone groups is 1. The van der Waals surface area contributed by atoms with Gasteiger partial charge in [-0.15, -0.1) is 0 Å². The number of methoxy groups -OCH3 is 3. The molecule has 0 fully saturated rings. The van der Waals surface area contributed by atoms with Gasteiger partial charge in [0.25, 0.3) is 5.91 Å². The Balaban J connectivity index is 1.47. The number of aromatic hydroxyl groups is 1. The van der Waals surface area contributed by atoms with Gasteiger partial charge in [0.1, 0.15) is 11.5 Å². The van der Waals surface area contributed by atoms with Crippen LogP contribution < -0.4 is 14.2 Å². The van der Waals surface area contributed by atoms with Crippen LogP contribution in [0.4, 0.5) is 0 Å². The van der Waals surface area contributed by atoms with Crippen molar-refractivity contribution in [2.24, 2.45) is 10.1 Å². The summed E-state index contributed by atoms with van der Waals surface area (Å²) in [6, 6.07) is 19.9. The second-order valence-corrected chi connectivity index (χ2v) is 9.33. The van der Waals surface area contributed by atoms with E-state index >= 15 is 0 Å². The number of rotatable bonds is 6. The van der Waals surface area contributed by atoms with Gasteiger partial charge in [-0.25, -0.2) is 5.01 Å². The third-order valence-corrected chi connectivity index (χ3v) is 7.11. The summed E-state index contributed by atoms with van der Waals surface area (Å²) in [6.07, 6.45) is 2.30. The fourth-order valence-electron chi connectivity index (χ4n) is 4.25. The van der Waals surface area contributed by atoms with Crippen LogP contribution in [0.1, 0.15) is 29.2 Å².